The van der Waals surface area contributed by atoms with Crippen LogP contribution in [-0.2, 0) is 0 Å². The maximum atomic E-state index is 6.63. The third kappa shape index (κ3) is 5.02. The van der Waals surface area contributed by atoms with Crippen LogP contribution in [0.15, 0.2) is 215 Å². The van der Waals surface area contributed by atoms with Gasteiger partial charge in [0, 0.05) is 22.1 Å². The third-order valence-corrected chi connectivity index (χ3v) is 11.6. The zero-order chi connectivity index (χ0) is 38.2. The van der Waals surface area contributed by atoms with Gasteiger partial charge in [-0.2, -0.15) is 0 Å². The fourth-order valence-electron chi connectivity index (χ4n) is 8.94. The predicted molar refractivity (Wildman–Crippen MR) is 240 cm³/mol. The van der Waals surface area contributed by atoms with Gasteiger partial charge in [-0.1, -0.05) is 146 Å². The van der Waals surface area contributed by atoms with Crippen molar-refractivity contribution in [1.29, 1.82) is 0 Å². The Bertz CT molecular complexity index is 3490. The molecule has 12 aromatic rings. The topological polar surface area (TPSA) is 33.9 Å². The first-order chi connectivity index (χ1) is 28.8. The van der Waals surface area contributed by atoms with Crippen molar-refractivity contribution in [3.63, 3.8) is 0 Å². The van der Waals surface area contributed by atoms with E-state index in [1.54, 1.807) is 0 Å². The van der Waals surface area contributed by atoms with Crippen molar-refractivity contribution in [1.82, 2.24) is 4.40 Å². The van der Waals surface area contributed by atoms with Gasteiger partial charge in [0.15, 0.2) is 5.58 Å². The molecular weight excluding hydrogens is 709 g/mol. The average Bonchev–Trinajstić information content (AvgIpc) is 3.96. The van der Waals surface area contributed by atoms with Crippen LogP contribution in [0.25, 0.3) is 93.8 Å². The highest BCUT2D eigenvalue weighted by Crippen LogP contribution is 2.45. The molecule has 0 atom stereocenters. The summed E-state index contributed by atoms with van der Waals surface area (Å²) in [6, 6.07) is 73.2. The SMILES string of the molecule is c1ccc(-c2c3ccccc3n3c2oc2ccc(-c4ccc(N(c5ccc(-c6cccc7ccccc67)cc5)c5cccc6oc7ccccc7c56)cc4)cc23)cc1. The molecule has 0 N–H and O–H groups in total. The summed E-state index contributed by atoms with van der Waals surface area (Å²) >= 11 is 0. The molecule has 0 aliphatic carbocycles. The molecule has 0 radical (unpaired) electrons. The van der Waals surface area contributed by atoms with Gasteiger partial charge in [-0.25, -0.2) is 0 Å². The van der Waals surface area contributed by atoms with Crippen LogP contribution in [0.3, 0.4) is 0 Å². The van der Waals surface area contributed by atoms with Gasteiger partial charge >= 0.3 is 0 Å². The van der Waals surface area contributed by atoms with Gasteiger partial charge in [-0.05, 0) is 99.3 Å². The molecule has 0 bridgehead atoms. The molecule has 4 heteroatoms. The first kappa shape index (κ1) is 32.4. The molecule has 0 saturated carbocycles. The van der Waals surface area contributed by atoms with Gasteiger partial charge in [-0.15, -0.1) is 0 Å². The molecule has 9 aromatic carbocycles. The molecule has 58 heavy (non-hydrogen) atoms. The van der Waals surface area contributed by atoms with E-state index in [0.717, 1.165) is 83.6 Å². The van der Waals surface area contributed by atoms with E-state index in [1.807, 2.05) is 12.1 Å². The number of nitrogens with zero attached hydrogens (tertiary/aromatic N) is 2. The van der Waals surface area contributed by atoms with Crippen molar-refractivity contribution in [2.24, 2.45) is 0 Å². The van der Waals surface area contributed by atoms with Gasteiger partial charge in [0.25, 0.3) is 0 Å². The normalized spacial score (nSPS) is 11.8. The Hall–Kier alpha value is -7.82. The summed E-state index contributed by atoms with van der Waals surface area (Å²) in [5.41, 5.74) is 15.7. The second-order valence-corrected chi connectivity index (χ2v) is 14.9. The number of benzene rings is 9. The molecule has 0 fully saturated rings. The largest absolute Gasteiger partial charge is 0.456 e. The fraction of sp³-hybridized carbons (Fsp3) is 0. The van der Waals surface area contributed by atoms with Crippen LogP contribution in [0.5, 0.6) is 0 Å². The molecule has 0 amide bonds. The Labute approximate surface area is 334 Å². The molecule has 3 aromatic heterocycles. The lowest BCUT2D eigenvalue weighted by molar-refractivity contribution is 0.658. The molecule has 0 aliphatic rings. The van der Waals surface area contributed by atoms with Crippen LogP contribution in [0.1, 0.15) is 0 Å². The molecule has 272 valence electrons. The van der Waals surface area contributed by atoms with Crippen LogP contribution >= 0.6 is 0 Å². The summed E-state index contributed by atoms with van der Waals surface area (Å²) in [5, 5.41) is 5.84. The molecule has 3 heterocycles. The highest BCUT2D eigenvalue weighted by molar-refractivity contribution is 6.13. The second-order valence-electron chi connectivity index (χ2n) is 14.9. The van der Waals surface area contributed by atoms with Gasteiger partial charge < -0.3 is 13.7 Å². The first-order valence-corrected chi connectivity index (χ1v) is 19.7. The summed E-state index contributed by atoms with van der Waals surface area (Å²) in [5.74, 6) is 0. The number of fused-ring (bicyclic) bond motifs is 9. The van der Waals surface area contributed by atoms with Gasteiger partial charge in [0.1, 0.15) is 11.2 Å². The Morgan fingerprint density at radius 3 is 1.84 bits per heavy atom. The number of oxazole rings is 1. The number of hydrogen-bond acceptors (Lipinski definition) is 3. The Morgan fingerprint density at radius 2 is 1.02 bits per heavy atom. The van der Waals surface area contributed by atoms with Crippen molar-refractivity contribution in [3.8, 4) is 33.4 Å². The third-order valence-electron chi connectivity index (χ3n) is 11.6. The smallest absolute Gasteiger partial charge is 0.213 e. The number of anilines is 3. The summed E-state index contributed by atoms with van der Waals surface area (Å²) in [7, 11) is 0. The van der Waals surface area contributed by atoms with E-state index in [4.69, 9.17) is 8.83 Å². The van der Waals surface area contributed by atoms with Crippen molar-refractivity contribution in [2.45, 2.75) is 0 Å². The van der Waals surface area contributed by atoms with Gasteiger partial charge in [-0.3, -0.25) is 4.40 Å². The highest BCUT2D eigenvalue weighted by atomic mass is 16.3. The summed E-state index contributed by atoms with van der Waals surface area (Å²) in [6.07, 6.45) is 0. The minimum absolute atomic E-state index is 0.858. The molecule has 0 spiro atoms. The number of rotatable bonds is 6. The van der Waals surface area contributed by atoms with Crippen LogP contribution in [-0.4, -0.2) is 4.40 Å². The standard InChI is InChI=1S/C54H34N2O2/c1-2-13-38(14-3-1)52-44-17-6-8-20-46(44)56-48-34-39(28-33-50(48)58-54(52)56)35-24-29-40(30-25-35)55(47-21-11-23-51-53(47)45-18-7-9-22-49(45)57-51)41-31-26-37(27-32-41)43-19-10-15-36-12-4-5-16-42(36)43/h1-34H. The van der Waals surface area contributed by atoms with Crippen molar-refractivity contribution < 1.29 is 8.83 Å². The van der Waals surface area contributed by atoms with E-state index in [2.05, 4.69) is 203 Å². The van der Waals surface area contributed by atoms with E-state index in [0.29, 0.717) is 0 Å². The van der Waals surface area contributed by atoms with Gasteiger partial charge in [0.05, 0.1) is 27.7 Å². The maximum absolute atomic E-state index is 6.63. The monoisotopic (exact) mass is 742 g/mol. The molecular formula is C54H34N2O2. The first-order valence-electron chi connectivity index (χ1n) is 19.7. The molecule has 4 nitrogen and oxygen atoms in total. The molecule has 0 aliphatic heterocycles. The zero-order valence-corrected chi connectivity index (χ0v) is 31.3. The van der Waals surface area contributed by atoms with Crippen molar-refractivity contribution in [3.05, 3.63) is 206 Å². The number of hydrogen-bond donors (Lipinski definition) is 0. The molecule has 0 saturated heterocycles. The van der Waals surface area contributed by atoms with Crippen LogP contribution in [0.2, 0.25) is 0 Å². The minimum atomic E-state index is 0.858. The summed E-state index contributed by atoms with van der Waals surface area (Å²) < 4.78 is 15.3. The van der Waals surface area contributed by atoms with Gasteiger partial charge in [0.2, 0.25) is 5.71 Å². The van der Waals surface area contributed by atoms with E-state index in [-0.39, 0.29) is 0 Å². The van der Waals surface area contributed by atoms with Crippen LogP contribution < -0.4 is 4.90 Å². The maximum Gasteiger partial charge on any atom is 0.213 e. The van der Waals surface area contributed by atoms with E-state index in [1.165, 1.54) is 27.3 Å². The number of aromatic nitrogens is 1. The van der Waals surface area contributed by atoms with Crippen molar-refractivity contribution >= 4 is 77.5 Å². The Morgan fingerprint density at radius 1 is 0.379 bits per heavy atom. The van der Waals surface area contributed by atoms with Crippen LogP contribution in [0, 0.1) is 0 Å². The van der Waals surface area contributed by atoms with E-state index >= 15 is 0 Å². The van der Waals surface area contributed by atoms with Crippen molar-refractivity contribution in [2.75, 3.05) is 4.90 Å². The number of furan rings is 1. The Kier molecular flexibility index (Phi) is 7.20. The number of para-hydroxylation sites is 2. The predicted octanol–water partition coefficient (Wildman–Crippen LogP) is 15.4. The zero-order valence-electron chi connectivity index (χ0n) is 31.3. The fourth-order valence-corrected chi connectivity index (χ4v) is 8.94. The van der Waals surface area contributed by atoms with E-state index in [9.17, 15) is 0 Å². The lowest BCUT2D eigenvalue weighted by Crippen LogP contribution is -2.10. The van der Waals surface area contributed by atoms with E-state index < -0.39 is 0 Å². The Balaban J connectivity index is 0.989. The highest BCUT2D eigenvalue weighted by Gasteiger charge is 2.22. The average molecular weight is 743 g/mol. The quantitative estimate of drug-likeness (QED) is 0.170. The summed E-state index contributed by atoms with van der Waals surface area (Å²) in [4.78, 5) is 2.35. The second kappa shape index (κ2) is 12.9. The lowest BCUT2D eigenvalue weighted by atomic mass is 9.98. The summed E-state index contributed by atoms with van der Waals surface area (Å²) in [6.45, 7) is 0. The molecule has 0 unspecified atom stereocenters. The lowest BCUT2D eigenvalue weighted by Gasteiger charge is -2.26. The minimum Gasteiger partial charge on any atom is -0.456 e. The molecule has 12 rings (SSSR count). The van der Waals surface area contributed by atoms with Crippen LogP contribution in [0.4, 0.5) is 17.1 Å².